The summed E-state index contributed by atoms with van der Waals surface area (Å²) in [6, 6.07) is 16.8. The average molecular weight is 448 g/mol. The molecule has 1 aromatic heterocycles. The lowest BCUT2D eigenvalue weighted by Crippen LogP contribution is -2.37. The van der Waals surface area contributed by atoms with Crippen molar-refractivity contribution >= 4 is 33.2 Å². The van der Waals surface area contributed by atoms with Gasteiger partial charge in [-0.3, -0.25) is 14.5 Å². The molecule has 5 nitrogen and oxygen atoms in total. The number of nitrogens with one attached hydrogen (secondary N) is 1. The largest absolute Gasteiger partial charge is 0.349 e. The Hall–Kier alpha value is -2.70. The first-order valence-corrected chi connectivity index (χ1v) is 12.2. The SMILES string of the molecule is CC(C)NC(=O)c1sc2ccccc2c1C1CCN(C(=O)CN2Cc3ccccc3C2)C1. The molecule has 0 spiro atoms. The zero-order chi connectivity index (χ0) is 22.2. The van der Waals surface area contributed by atoms with E-state index in [2.05, 4.69) is 46.6 Å². The fraction of sp³-hybridized carbons (Fsp3) is 0.385. The molecule has 2 aliphatic heterocycles. The van der Waals surface area contributed by atoms with Crippen LogP contribution in [-0.4, -0.2) is 47.3 Å². The Kier molecular flexibility index (Phi) is 5.74. The highest BCUT2D eigenvalue weighted by atomic mass is 32.1. The smallest absolute Gasteiger partial charge is 0.261 e. The Morgan fingerprint density at radius 2 is 1.75 bits per heavy atom. The van der Waals surface area contributed by atoms with E-state index in [4.69, 9.17) is 0 Å². The molecule has 1 fully saturated rings. The van der Waals surface area contributed by atoms with E-state index >= 15 is 0 Å². The van der Waals surface area contributed by atoms with Gasteiger partial charge in [-0.1, -0.05) is 42.5 Å². The Labute approximate surface area is 193 Å². The molecular weight excluding hydrogens is 418 g/mol. The summed E-state index contributed by atoms with van der Waals surface area (Å²) in [5.41, 5.74) is 3.77. The third-order valence-corrected chi connectivity index (χ3v) is 7.66. The molecule has 1 unspecified atom stereocenters. The fourth-order valence-corrected chi connectivity index (χ4v) is 6.19. The third-order valence-electron chi connectivity index (χ3n) is 6.47. The molecule has 1 saturated heterocycles. The van der Waals surface area contributed by atoms with Gasteiger partial charge < -0.3 is 10.2 Å². The van der Waals surface area contributed by atoms with Gasteiger partial charge in [0.25, 0.3) is 5.91 Å². The van der Waals surface area contributed by atoms with Gasteiger partial charge >= 0.3 is 0 Å². The molecule has 166 valence electrons. The topological polar surface area (TPSA) is 52.7 Å². The number of fused-ring (bicyclic) bond motifs is 2. The monoisotopic (exact) mass is 447 g/mol. The summed E-state index contributed by atoms with van der Waals surface area (Å²) in [5.74, 6) is 0.377. The maximum atomic E-state index is 13.1. The van der Waals surface area contributed by atoms with Crippen LogP contribution in [0.4, 0.5) is 0 Å². The van der Waals surface area contributed by atoms with Crippen LogP contribution in [0.15, 0.2) is 48.5 Å². The van der Waals surface area contributed by atoms with E-state index in [0.717, 1.165) is 46.6 Å². The Morgan fingerprint density at radius 3 is 2.47 bits per heavy atom. The summed E-state index contributed by atoms with van der Waals surface area (Å²) in [4.78, 5) is 31.1. The van der Waals surface area contributed by atoms with Crippen LogP contribution >= 0.6 is 11.3 Å². The second-order valence-corrected chi connectivity index (χ2v) is 10.3. The van der Waals surface area contributed by atoms with Gasteiger partial charge in [0.1, 0.15) is 0 Å². The molecular formula is C26H29N3O2S. The highest BCUT2D eigenvalue weighted by molar-refractivity contribution is 7.21. The van der Waals surface area contributed by atoms with Crippen LogP contribution in [-0.2, 0) is 17.9 Å². The van der Waals surface area contributed by atoms with Crippen molar-refractivity contribution in [1.29, 1.82) is 0 Å². The Balaban J connectivity index is 1.32. The van der Waals surface area contributed by atoms with Crippen molar-refractivity contribution in [3.8, 4) is 0 Å². The van der Waals surface area contributed by atoms with Crippen LogP contribution in [0.1, 0.15) is 52.5 Å². The van der Waals surface area contributed by atoms with E-state index in [1.165, 1.54) is 11.1 Å². The Morgan fingerprint density at radius 1 is 1.06 bits per heavy atom. The minimum atomic E-state index is -0.00388. The zero-order valence-corrected chi connectivity index (χ0v) is 19.5. The lowest BCUT2D eigenvalue weighted by atomic mass is 9.95. The van der Waals surface area contributed by atoms with Gasteiger partial charge in [0.2, 0.25) is 5.91 Å². The minimum absolute atomic E-state index is 0.00388. The molecule has 2 aliphatic rings. The molecule has 1 atom stereocenters. The van der Waals surface area contributed by atoms with Gasteiger partial charge in [-0.25, -0.2) is 0 Å². The number of benzene rings is 2. The molecule has 3 heterocycles. The normalized spacial score (nSPS) is 18.5. The summed E-state index contributed by atoms with van der Waals surface area (Å²) in [6.07, 6.45) is 0.897. The minimum Gasteiger partial charge on any atom is -0.349 e. The van der Waals surface area contributed by atoms with E-state index in [0.29, 0.717) is 13.1 Å². The molecule has 0 bridgehead atoms. The first-order chi connectivity index (χ1) is 15.5. The van der Waals surface area contributed by atoms with Crippen LogP contribution in [0.2, 0.25) is 0 Å². The van der Waals surface area contributed by atoms with Crippen molar-refractivity contribution in [2.75, 3.05) is 19.6 Å². The number of hydrogen-bond donors (Lipinski definition) is 1. The zero-order valence-electron chi connectivity index (χ0n) is 18.6. The average Bonchev–Trinajstić information content (AvgIpc) is 3.48. The van der Waals surface area contributed by atoms with E-state index in [1.807, 2.05) is 30.9 Å². The highest BCUT2D eigenvalue weighted by Crippen LogP contribution is 2.40. The predicted molar refractivity (Wildman–Crippen MR) is 129 cm³/mol. The van der Waals surface area contributed by atoms with E-state index in [-0.39, 0.29) is 23.8 Å². The molecule has 3 aromatic rings. The second kappa shape index (κ2) is 8.68. The Bertz CT molecular complexity index is 1140. The van der Waals surface area contributed by atoms with Crippen LogP contribution in [0, 0.1) is 0 Å². The number of rotatable bonds is 5. The molecule has 0 aliphatic carbocycles. The van der Waals surface area contributed by atoms with Crippen molar-refractivity contribution in [3.63, 3.8) is 0 Å². The lowest BCUT2D eigenvalue weighted by Gasteiger charge is -2.21. The van der Waals surface area contributed by atoms with E-state index < -0.39 is 0 Å². The van der Waals surface area contributed by atoms with Crippen LogP contribution < -0.4 is 5.32 Å². The van der Waals surface area contributed by atoms with Crippen molar-refractivity contribution in [1.82, 2.24) is 15.1 Å². The van der Waals surface area contributed by atoms with Crippen LogP contribution in [0.3, 0.4) is 0 Å². The number of nitrogens with zero attached hydrogens (tertiary/aromatic N) is 2. The number of hydrogen-bond acceptors (Lipinski definition) is 4. The first-order valence-electron chi connectivity index (χ1n) is 11.4. The van der Waals surface area contributed by atoms with Gasteiger partial charge in [-0.15, -0.1) is 11.3 Å². The molecule has 0 saturated carbocycles. The van der Waals surface area contributed by atoms with Crippen molar-refractivity contribution in [2.24, 2.45) is 0 Å². The standard InChI is InChI=1S/C26H29N3O2S/c1-17(2)27-26(31)25-24(21-9-5-6-10-22(21)32-25)20-11-12-29(15-20)23(30)16-28-13-18-7-3-4-8-19(18)14-28/h3-10,17,20H,11-16H2,1-2H3,(H,27,31). The molecule has 2 amide bonds. The summed E-state index contributed by atoms with van der Waals surface area (Å²) >= 11 is 1.57. The number of thiophene rings is 1. The van der Waals surface area contributed by atoms with Gasteiger partial charge in [0.15, 0.2) is 0 Å². The number of carbonyl (C=O) groups is 2. The first kappa shape index (κ1) is 21.2. The fourth-order valence-electron chi connectivity index (χ4n) is 5.00. The maximum absolute atomic E-state index is 13.1. The van der Waals surface area contributed by atoms with Gasteiger partial charge in [-0.2, -0.15) is 0 Å². The van der Waals surface area contributed by atoms with Gasteiger partial charge in [0.05, 0.1) is 11.4 Å². The number of amides is 2. The van der Waals surface area contributed by atoms with E-state index in [1.54, 1.807) is 11.3 Å². The molecule has 5 rings (SSSR count). The highest BCUT2D eigenvalue weighted by Gasteiger charge is 2.33. The third kappa shape index (κ3) is 4.05. The quantitative estimate of drug-likeness (QED) is 0.632. The predicted octanol–water partition coefficient (Wildman–Crippen LogP) is 4.37. The summed E-state index contributed by atoms with van der Waals surface area (Å²) in [6.45, 7) is 7.53. The van der Waals surface area contributed by atoms with Crippen molar-refractivity contribution < 1.29 is 9.59 Å². The second-order valence-electron chi connectivity index (χ2n) is 9.21. The maximum Gasteiger partial charge on any atom is 0.261 e. The van der Waals surface area contributed by atoms with Crippen molar-refractivity contribution in [3.05, 3.63) is 70.1 Å². The number of likely N-dealkylation sites (tertiary alicyclic amines) is 1. The van der Waals surface area contributed by atoms with E-state index in [9.17, 15) is 9.59 Å². The summed E-state index contributed by atoms with van der Waals surface area (Å²) < 4.78 is 1.14. The number of carbonyl (C=O) groups excluding carboxylic acids is 2. The summed E-state index contributed by atoms with van der Waals surface area (Å²) in [7, 11) is 0. The lowest BCUT2D eigenvalue weighted by molar-refractivity contribution is -0.131. The molecule has 6 heteroatoms. The van der Waals surface area contributed by atoms with Gasteiger partial charge in [0, 0.05) is 42.8 Å². The van der Waals surface area contributed by atoms with Gasteiger partial charge in [-0.05, 0) is 48.4 Å². The summed E-state index contributed by atoms with van der Waals surface area (Å²) in [5, 5.41) is 4.21. The molecule has 1 N–H and O–H groups in total. The molecule has 32 heavy (non-hydrogen) atoms. The molecule has 0 radical (unpaired) electrons. The van der Waals surface area contributed by atoms with Crippen molar-refractivity contribution in [2.45, 2.75) is 45.3 Å². The molecule has 2 aromatic carbocycles. The van der Waals surface area contributed by atoms with Crippen LogP contribution in [0.5, 0.6) is 0 Å². The van der Waals surface area contributed by atoms with Crippen LogP contribution in [0.25, 0.3) is 10.1 Å².